The zero-order valence-electron chi connectivity index (χ0n) is 17.7. The molecule has 0 bridgehead atoms. The van der Waals surface area contributed by atoms with Gasteiger partial charge >= 0.3 is 0 Å². The summed E-state index contributed by atoms with van der Waals surface area (Å²) in [5.74, 6) is -0.280. The first-order valence-corrected chi connectivity index (χ1v) is 11.4. The zero-order chi connectivity index (χ0) is 23.5. The third-order valence-corrected chi connectivity index (χ3v) is 5.52. The highest BCUT2D eigenvalue weighted by atomic mass is 32.2. The van der Waals surface area contributed by atoms with E-state index in [9.17, 15) is 23.7 Å². The summed E-state index contributed by atoms with van der Waals surface area (Å²) in [6.45, 7) is 1.89. The lowest BCUT2D eigenvalue weighted by Gasteiger charge is -2.10. The normalized spacial score (nSPS) is 10.8. The van der Waals surface area contributed by atoms with Gasteiger partial charge in [-0.2, -0.15) is 10.5 Å². The molecule has 9 heteroatoms. The summed E-state index contributed by atoms with van der Waals surface area (Å²) in [7, 11) is -2.18. The van der Waals surface area contributed by atoms with Crippen molar-refractivity contribution in [2.75, 3.05) is 6.26 Å². The van der Waals surface area contributed by atoms with Crippen LogP contribution >= 0.6 is 0 Å². The number of carbonyl (C=O) groups excluding carboxylic acids is 1. The van der Waals surface area contributed by atoms with E-state index in [1.807, 2.05) is 16.9 Å². The predicted molar refractivity (Wildman–Crippen MR) is 118 cm³/mol. The Labute approximate surface area is 186 Å². The van der Waals surface area contributed by atoms with E-state index in [-0.39, 0.29) is 17.9 Å². The molecule has 3 rings (SSSR count). The Bertz CT molecular complexity index is 1380. The first-order valence-electron chi connectivity index (χ1n) is 9.49. The van der Waals surface area contributed by atoms with Gasteiger partial charge in [-0.3, -0.25) is 4.79 Å². The van der Waals surface area contributed by atoms with Gasteiger partial charge in [-0.15, -0.1) is 0 Å². The van der Waals surface area contributed by atoms with Crippen molar-refractivity contribution in [2.24, 2.45) is 7.05 Å². The first-order chi connectivity index (χ1) is 15.2. The number of carbonyl (C=O) groups is 1. The maximum absolute atomic E-state index is 12.7. The highest BCUT2D eigenvalue weighted by molar-refractivity contribution is 7.89. The molecule has 1 aromatic heterocycles. The summed E-state index contributed by atoms with van der Waals surface area (Å²) >= 11 is 0. The molecule has 0 radical (unpaired) electrons. The largest absolute Gasteiger partial charge is 0.489 e. The average molecular weight is 449 g/mol. The molecule has 1 heterocycles. The summed E-state index contributed by atoms with van der Waals surface area (Å²) in [5, 5.41) is 18.9. The summed E-state index contributed by atoms with van der Waals surface area (Å²) in [5.41, 5.74) is 3.08. The Hall–Kier alpha value is -4.08. The van der Waals surface area contributed by atoms with Crippen LogP contribution < -0.4 is 9.46 Å². The topological polar surface area (TPSA) is 125 Å². The smallest absolute Gasteiger partial charge is 0.282 e. The number of aromatic nitrogens is 1. The van der Waals surface area contributed by atoms with Crippen LogP contribution in [0.4, 0.5) is 0 Å². The Balaban J connectivity index is 1.95. The van der Waals surface area contributed by atoms with Crippen molar-refractivity contribution in [1.82, 2.24) is 9.29 Å². The number of nitrogens with zero attached hydrogens (tertiary/aromatic N) is 3. The highest BCUT2D eigenvalue weighted by Crippen LogP contribution is 2.33. The number of nitrogens with one attached hydrogen (secondary N) is 1. The molecule has 0 aliphatic rings. The van der Waals surface area contributed by atoms with Crippen molar-refractivity contribution >= 4 is 15.9 Å². The van der Waals surface area contributed by atoms with Crippen LogP contribution in [0.2, 0.25) is 0 Å². The van der Waals surface area contributed by atoms with E-state index in [2.05, 4.69) is 12.1 Å². The van der Waals surface area contributed by atoms with E-state index in [1.165, 1.54) is 4.57 Å². The third kappa shape index (κ3) is 4.64. The number of nitriles is 2. The number of amides is 1. The van der Waals surface area contributed by atoms with Gasteiger partial charge in [0, 0.05) is 23.9 Å². The fraction of sp³-hybridized carbons (Fsp3) is 0.174. The number of hydrogen-bond donors (Lipinski definition) is 1. The first kappa shape index (κ1) is 22.6. The van der Waals surface area contributed by atoms with Crippen LogP contribution in [-0.4, -0.2) is 25.1 Å². The van der Waals surface area contributed by atoms with Crippen LogP contribution in [0.1, 0.15) is 32.9 Å². The standard InChI is InChI=1S/C23H20N4O4S/c1-15-20(13-25)21(22(27(15)2)23(28)26-32(3,29)30)16-8-10-19(11-9-16)31-14-18-7-5-4-6-17(18)12-24/h4-11H,14H2,1-3H3,(H,26,28). The lowest BCUT2D eigenvalue weighted by atomic mass is 10.0. The van der Waals surface area contributed by atoms with Crippen molar-refractivity contribution in [2.45, 2.75) is 13.5 Å². The summed E-state index contributed by atoms with van der Waals surface area (Å²) in [4.78, 5) is 12.7. The van der Waals surface area contributed by atoms with E-state index in [0.29, 0.717) is 28.1 Å². The molecule has 3 aromatic rings. The molecule has 0 atom stereocenters. The minimum Gasteiger partial charge on any atom is -0.489 e. The van der Waals surface area contributed by atoms with Gasteiger partial charge in [0.2, 0.25) is 10.0 Å². The van der Waals surface area contributed by atoms with Gasteiger partial charge in [0.25, 0.3) is 5.91 Å². The van der Waals surface area contributed by atoms with Gasteiger partial charge in [-0.25, -0.2) is 13.1 Å². The lowest BCUT2D eigenvalue weighted by Crippen LogP contribution is -2.31. The number of ether oxygens (including phenoxy) is 1. The molecule has 0 unspecified atom stereocenters. The van der Waals surface area contributed by atoms with E-state index in [0.717, 1.165) is 11.8 Å². The van der Waals surface area contributed by atoms with Crippen molar-refractivity contribution < 1.29 is 17.9 Å². The van der Waals surface area contributed by atoms with Crippen molar-refractivity contribution in [3.63, 3.8) is 0 Å². The zero-order valence-corrected chi connectivity index (χ0v) is 18.5. The van der Waals surface area contributed by atoms with E-state index in [4.69, 9.17) is 4.74 Å². The second-order valence-electron chi connectivity index (χ2n) is 7.14. The van der Waals surface area contributed by atoms with Crippen LogP contribution in [0.3, 0.4) is 0 Å². The third-order valence-electron chi connectivity index (χ3n) is 4.97. The summed E-state index contributed by atoms with van der Waals surface area (Å²) in [6.07, 6.45) is 0.891. The van der Waals surface area contributed by atoms with Gasteiger partial charge in [0.1, 0.15) is 24.1 Å². The van der Waals surface area contributed by atoms with Gasteiger partial charge in [0.05, 0.1) is 23.5 Å². The van der Waals surface area contributed by atoms with Crippen molar-refractivity contribution in [3.05, 3.63) is 76.6 Å². The molecule has 0 saturated heterocycles. The molecule has 0 aliphatic carbocycles. The maximum Gasteiger partial charge on any atom is 0.282 e. The van der Waals surface area contributed by atoms with Gasteiger partial charge in [0.15, 0.2) is 0 Å². The summed E-state index contributed by atoms with van der Waals surface area (Å²) < 4.78 is 32.4. The Morgan fingerprint density at radius 2 is 1.75 bits per heavy atom. The van der Waals surface area contributed by atoms with E-state index >= 15 is 0 Å². The van der Waals surface area contributed by atoms with Crippen LogP contribution in [0.25, 0.3) is 11.1 Å². The molecule has 1 amide bonds. The minimum atomic E-state index is -3.78. The van der Waals surface area contributed by atoms with Gasteiger partial charge < -0.3 is 9.30 Å². The van der Waals surface area contributed by atoms with E-state index < -0.39 is 15.9 Å². The molecular formula is C23H20N4O4S. The monoisotopic (exact) mass is 448 g/mol. The molecule has 1 N–H and O–H groups in total. The molecule has 0 saturated carbocycles. The number of benzene rings is 2. The molecule has 0 aliphatic heterocycles. The van der Waals surface area contributed by atoms with Gasteiger partial charge in [-0.1, -0.05) is 30.3 Å². The van der Waals surface area contributed by atoms with Crippen LogP contribution in [0.15, 0.2) is 48.5 Å². The van der Waals surface area contributed by atoms with Crippen LogP contribution in [0.5, 0.6) is 5.75 Å². The SMILES string of the molecule is Cc1c(C#N)c(-c2ccc(OCc3ccccc3C#N)cc2)c(C(=O)NS(C)(=O)=O)n1C. The Morgan fingerprint density at radius 3 is 2.34 bits per heavy atom. The highest BCUT2D eigenvalue weighted by Gasteiger charge is 2.26. The fourth-order valence-corrected chi connectivity index (χ4v) is 3.77. The second-order valence-corrected chi connectivity index (χ2v) is 8.89. The number of sulfonamides is 1. The van der Waals surface area contributed by atoms with Crippen molar-refractivity contribution in [3.8, 4) is 29.0 Å². The molecule has 0 spiro atoms. The molecular weight excluding hydrogens is 428 g/mol. The van der Waals surface area contributed by atoms with Crippen molar-refractivity contribution in [1.29, 1.82) is 10.5 Å². The molecule has 8 nitrogen and oxygen atoms in total. The quantitative estimate of drug-likeness (QED) is 0.618. The van der Waals surface area contributed by atoms with Crippen LogP contribution in [-0.2, 0) is 23.7 Å². The number of rotatable bonds is 6. The molecule has 0 fully saturated rings. The second kappa shape index (κ2) is 8.96. The van der Waals surface area contributed by atoms with Gasteiger partial charge in [-0.05, 0) is 30.7 Å². The Morgan fingerprint density at radius 1 is 1.09 bits per heavy atom. The average Bonchev–Trinajstić information content (AvgIpc) is 3.01. The lowest BCUT2D eigenvalue weighted by molar-refractivity contribution is 0.0974. The molecule has 32 heavy (non-hydrogen) atoms. The summed E-state index contributed by atoms with van der Waals surface area (Å²) in [6, 6.07) is 18.1. The van der Waals surface area contributed by atoms with Crippen LogP contribution in [0, 0.1) is 29.6 Å². The molecule has 2 aromatic carbocycles. The number of hydrogen-bond acceptors (Lipinski definition) is 6. The maximum atomic E-state index is 12.7. The predicted octanol–water partition coefficient (Wildman–Crippen LogP) is 3.01. The fourth-order valence-electron chi connectivity index (χ4n) is 3.34. The van der Waals surface area contributed by atoms with E-state index in [1.54, 1.807) is 50.4 Å². The molecule has 162 valence electrons. The Kier molecular flexibility index (Phi) is 6.33. The minimum absolute atomic E-state index is 0.0705.